The predicted octanol–water partition coefficient (Wildman–Crippen LogP) is 6.76. The van der Waals surface area contributed by atoms with Crippen LogP contribution < -0.4 is 0 Å². The standard InChI is InChI=1S/C21H34/c1-16(2)8-7-9-18(5)10-11-20-12-14-21(15-13-20)19(6)17(3)4/h8,12-15,17-19H,7,9-11H2,1-6H3. The third-order valence-corrected chi connectivity index (χ3v) is 4.64. The number of hydrogen-bond donors (Lipinski definition) is 0. The summed E-state index contributed by atoms with van der Waals surface area (Å²) in [7, 11) is 0. The van der Waals surface area contributed by atoms with Crippen molar-refractivity contribution in [1.29, 1.82) is 0 Å². The Morgan fingerprint density at radius 3 is 2.10 bits per heavy atom. The van der Waals surface area contributed by atoms with E-state index in [1.807, 2.05) is 0 Å². The highest BCUT2D eigenvalue weighted by atomic mass is 14.1. The smallest absolute Gasteiger partial charge is 0.0167 e. The second-order valence-electron chi connectivity index (χ2n) is 7.28. The van der Waals surface area contributed by atoms with Crippen LogP contribution in [0.3, 0.4) is 0 Å². The summed E-state index contributed by atoms with van der Waals surface area (Å²) >= 11 is 0. The summed E-state index contributed by atoms with van der Waals surface area (Å²) in [6, 6.07) is 9.32. The fourth-order valence-corrected chi connectivity index (χ4v) is 2.59. The third-order valence-electron chi connectivity index (χ3n) is 4.64. The van der Waals surface area contributed by atoms with E-state index in [1.165, 1.54) is 42.4 Å². The van der Waals surface area contributed by atoms with E-state index >= 15 is 0 Å². The highest BCUT2D eigenvalue weighted by Gasteiger charge is 2.09. The highest BCUT2D eigenvalue weighted by molar-refractivity contribution is 5.25. The van der Waals surface area contributed by atoms with E-state index in [0.29, 0.717) is 11.8 Å². The average molecular weight is 287 g/mol. The van der Waals surface area contributed by atoms with Crippen molar-refractivity contribution in [2.75, 3.05) is 0 Å². The van der Waals surface area contributed by atoms with Gasteiger partial charge in [0, 0.05) is 0 Å². The Kier molecular flexibility index (Phi) is 7.78. The monoisotopic (exact) mass is 286 g/mol. The molecule has 2 atom stereocenters. The molecule has 0 aliphatic heterocycles. The van der Waals surface area contributed by atoms with Crippen LogP contribution in [0.25, 0.3) is 0 Å². The Hall–Kier alpha value is -1.04. The average Bonchev–Trinajstić information content (AvgIpc) is 2.44. The molecule has 0 aliphatic rings. The molecule has 1 aromatic carbocycles. The van der Waals surface area contributed by atoms with Crippen LogP contribution in [0.15, 0.2) is 35.9 Å². The van der Waals surface area contributed by atoms with Crippen molar-refractivity contribution in [2.24, 2.45) is 11.8 Å². The molecule has 0 aromatic heterocycles. The van der Waals surface area contributed by atoms with Crippen molar-refractivity contribution in [1.82, 2.24) is 0 Å². The molecule has 1 aromatic rings. The van der Waals surface area contributed by atoms with Crippen molar-refractivity contribution in [3.05, 3.63) is 47.0 Å². The highest BCUT2D eigenvalue weighted by Crippen LogP contribution is 2.24. The second-order valence-corrected chi connectivity index (χ2v) is 7.28. The first-order chi connectivity index (χ1) is 9.90. The van der Waals surface area contributed by atoms with Gasteiger partial charge in [0.1, 0.15) is 0 Å². The zero-order valence-corrected chi connectivity index (χ0v) is 14.9. The van der Waals surface area contributed by atoms with Gasteiger partial charge in [-0.2, -0.15) is 0 Å². The van der Waals surface area contributed by atoms with E-state index in [1.54, 1.807) is 0 Å². The Balaban J connectivity index is 2.40. The number of benzene rings is 1. The summed E-state index contributed by atoms with van der Waals surface area (Å²) in [5.74, 6) is 2.18. The van der Waals surface area contributed by atoms with E-state index in [4.69, 9.17) is 0 Å². The van der Waals surface area contributed by atoms with Crippen molar-refractivity contribution in [2.45, 2.75) is 73.1 Å². The molecule has 118 valence electrons. The van der Waals surface area contributed by atoms with Crippen LogP contribution in [0.1, 0.15) is 77.8 Å². The molecule has 0 aliphatic carbocycles. The van der Waals surface area contributed by atoms with Crippen LogP contribution in [0.2, 0.25) is 0 Å². The van der Waals surface area contributed by atoms with Gasteiger partial charge in [0.25, 0.3) is 0 Å². The van der Waals surface area contributed by atoms with Gasteiger partial charge >= 0.3 is 0 Å². The SMILES string of the molecule is CC(C)=CCCC(C)CCc1ccc(C(C)C(C)C)cc1. The fourth-order valence-electron chi connectivity index (χ4n) is 2.59. The number of allylic oxidation sites excluding steroid dienone is 2. The number of rotatable bonds is 8. The van der Waals surface area contributed by atoms with E-state index in [9.17, 15) is 0 Å². The summed E-state index contributed by atoms with van der Waals surface area (Å²) in [6.07, 6.45) is 7.42. The van der Waals surface area contributed by atoms with Gasteiger partial charge in [-0.1, -0.05) is 63.6 Å². The topological polar surface area (TPSA) is 0 Å². The van der Waals surface area contributed by atoms with Crippen LogP contribution >= 0.6 is 0 Å². The van der Waals surface area contributed by atoms with Gasteiger partial charge in [0.2, 0.25) is 0 Å². The van der Waals surface area contributed by atoms with Crippen molar-refractivity contribution < 1.29 is 0 Å². The van der Waals surface area contributed by atoms with Crippen LogP contribution in [0.4, 0.5) is 0 Å². The van der Waals surface area contributed by atoms with Crippen molar-refractivity contribution in [3.8, 4) is 0 Å². The molecule has 0 radical (unpaired) electrons. The lowest BCUT2D eigenvalue weighted by Crippen LogP contribution is -2.02. The molecule has 0 N–H and O–H groups in total. The maximum Gasteiger partial charge on any atom is -0.0167 e. The summed E-state index contributed by atoms with van der Waals surface area (Å²) in [5, 5.41) is 0. The van der Waals surface area contributed by atoms with Crippen molar-refractivity contribution >= 4 is 0 Å². The molecule has 0 saturated heterocycles. The van der Waals surface area contributed by atoms with Crippen LogP contribution in [-0.2, 0) is 6.42 Å². The molecule has 1 rings (SSSR count). The van der Waals surface area contributed by atoms with Gasteiger partial charge < -0.3 is 0 Å². The maximum absolute atomic E-state index is 2.38. The third kappa shape index (κ3) is 6.98. The Labute approximate surface area is 132 Å². The predicted molar refractivity (Wildman–Crippen MR) is 95.8 cm³/mol. The summed E-state index contributed by atoms with van der Waals surface area (Å²) in [5.41, 5.74) is 4.41. The Bertz CT molecular complexity index is 418. The number of hydrogen-bond acceptors (Lipinski definition) is 0. The van der Waals surface area contributed by atoms with Gasteiger partial charge in [-0.3, -0.25) is 0 Å². The summed E-state index contributed by atoms with van der Waals surface area (Å²) in [4.78, 5) is 0. The van der Waals surface area contributed by atoms with Crippen LogP contribution in [-0.4, -0.2) is 0 Å². The molecule has 2 unspecified atom stereocenters. The minimum absolute atomic E-state index is 0.655. The van der Waals surface area contributed by atoms with E-state index in [0.717, 1.165) is 5.92 Å². The quantitative estimate of drug-likeness (QED) is 0.463. The first kappa shape index (κ1) is 18.0. The molecule has 0 amide bonds. The molecule has 0 nitrogen and oxygen atoms in total. The molecule has 0 spiro atoms. The minimum atomic E-state index is 0.655. The normalized spacial score (nSPS) is 14.0. The molecule has 0 bridgehead atoms. The fraction of sp³-hybridized carbons (Fsp3) is 0.619. The van der Waals surface area contributed by atoms with Crippen LogP contribution in [0, 0.1) is 11.8 Å². The zero-order chi connectivity index (χ0) is 15.8. The summed E-state index contributed by atoms with van der Waals surface area (Å²) < 4.78 is 0. The van der Waals surface area contributed by atoms with Crippen molar-refractivity contribution in [3.63, 3.8) is 0 Å². The second kappa shape index (κ2) is 9.07. The first-order valence-corrected chi connectivity index (χ1v) is 8.62. The first-order valence-electron chi connectivity index (χ1n) is 8.62. The lowest BCUT2D eigenvalue weighted by atomic mass is 9.89. The Morgan fingerprint density at radius 1 is 0.952 bits per heavy atom. The van der Waals surface area contributed by atoms with Gasteiger partial charge in [-0.15, -0.1) is 0 Å². The minimum Gasteiger partial charge on any atom is -0.0859 e. The maximum atomic E-state index is 2.38. The lowest BCUT2D eigenvalue weighted by molar-refractivity contribution is 0.496. The van der Waals surface area contributed by atoms with E-state index in [-0.39, 0.29) is 0 Å². The summed E-state index contributed by atoms with van der Waals surface area (Å²) in [6.45, 7) is 13.7. The Morgan fingerprint density at radius 2 is 1.57 bits per heavy atom. The zero-order valence-electron chi connectivity index (χ0n) is 14.9. The molecule has 0 heteroatoms. The molecule has 0 saturated carbocycles. The van der Waals surface area contributed by atoms with Gasteiger partial charge in [0.15, 0.2) is 0 Å². The van der Waals surface area contributed by atoms with Crippen LogP contribution in [0.5, 0.6) is 0 Å². The van der Waals surface area contributed by atoms with Gasteiger partial charge in [-0.25, -0.2) is 0 Å². The molecule has 0 heterocycles. The van der Waals surface area contributed by atoms with E-state index in [2.05, 4.69) is 71.9 Å². The molecule has 21 heavy (non-hydrogen) atoms. The largest absolute Gasteiger partial charge is 0.0859 e. The molecule has 0 fully saturated rings. The van der Waals surface area contributed by atoms with Gasteiger partial charge in [0.05, 0.1) is 0 Å². The lowest BCUT2D eigenvalue weighted by Gasteiger charge is -2.16. The number of aryl methyl sites for hydroxylation is 1. The van der Waals surface area contributed by atoms with E-state index < -0.39 is 0 Å². The molecular weight excluding hydrogens is 252 g/mol. The van der Waals surface area contributed by atoms with Gasteiger partial charge in [-0.05, 0) is 68.4 Å². The molecular formula is C21H34.